The van der Waals surface area contributed by atoms with E-state index in [2.05, 4.69) is 6.58 Å². The summed E-state index contributed by atoms with van der Waals surface area (Å²) in [6.45, 7) is 5.72. The fourth-order valence-electron chi connectivity index (χ4n) is 1.76. The van der Waals surface area contributed by atoms with Crippen LogP contribution in [0.2, 0.25) is 0 Å². The minimum atomic E-state index is -0.604. The molecule has 1 rings (SSSR count). The molecule has 4 heteroatoms. The van der Waals surface area contributed by atoms with Gasteiger partial charge in [-0.15, -0.1) is 6.58 Å². The number of allylic oxidation sites excluding steroid dienone is 1. The first kappa shape index (κ1) is 10.7. The highest BCUT2D eigenvalue weighted by molar-refractivity contribution is 5.77. The molecule has 0 aromatic carbocycles. The number of nitriles is 1. The van der Waals surface area contributed by atoms with Crippen LogP contribution in [0.15, 0.2) is 12.7 Å². The second kappa shape index (κ2) is 4.25. The summed E-state index contributed by atoms with van der Waals surface area (Å²) >= 11 is 0. The van der Waals surface area contributed by atoms with E-state index in [4.69, 9.17) is 15.7 Å². The Kier molecular flexibility index (Phi) is 3.26. The first-order chi connectivity index (χ1) is 6.67. The predicted molar refractivity (Wildman–Crippen MR) is 50.9 cm³/mol. The Morgan fingerprint density at radius 2 is 2.50 bits per heavy atom. The third kappa shape index (κ3) is 1.78. The lowest BCUT2D eigenvalue weighted by atomic mass is 10.2. The number of hydrogen-bond donors (Lipinski definition) is 1. The molecular weight excluding hydrogens is 180 g/mol. The smallest absolute Gasteiger partial charge is 0.309 e. The largest absolute Gasteiger partial charge is 0.466 e. The van der Waals surface area contributed by atoms with Gasteiger partial charge in [-0.25, -0.2) is 0 Å². The SMILES string of the molecule is C=CC1C(C(=O)OCC)C1C(N)C#N. The molecule has 0 amide bonds. The van der Waals surface area contributed by atoms with Crippen LogP contribution in [0.5, 0.6) is 0 Å². The number of carbonyl (C=O) groups excluding carboxylic acids is 1. The Hall–Kier alpha value is -1.34. The lowest BCUT2D eigenvalue weighted by Gasteiger charge is -2.00. The highest BCUT2D eigenvalue weighted by Gasteiger charge is 2.56. The standard InChI is InChI=1S/C10H14N2O2/c1-3-6-8(7(12)5-11)9(6)10(13)14-4-2/h3,6-9H,1,4,12H2,2H3. The summed E-state index contributed by atoms with van der Waals surface area (Å²) in [5, 5.41) is 8.63. The van der Waals surface area contributed by atoms with Gasteiger partial charge >= 0.3 is 5.97 Å². The Bertz CT molecular complexity index is 282. The number of ether oxygens (including phenoxy) is 1. The number of rotatable bonds is 4. The number of hydrogen-bond acceptors (Lipinski definition) is 4. The van der Waals surface area contributed by atoms with Crippen molar-refractivity contribution in [2.75, 3.05) is 6.61 Å². The van der Waals surface area contributed by atoms with E-state index in [9.17, 15) is 4.79 Å². The Morgan fingerprint density at radius 1 is 1.86 bits per heavy atom. The molecule has 1 saturated carbocycles. The van der Waals surface area contributed by atoms with Crippen LogP contribution in [0.3, 0.4) is 0 Å². The van der Waals surface area contributed by atoms with Gasteiger partial charge in [0.05, 0.1) is 24.6 Å². The second-order valence-corrected chi connectivity index (χ2v) is 3.32. The van der Waals surface area contributed by atoms with Crippen molar-refractivity contribution in [1.82, 2.24) is 0 Å². The van der Waals surface area contributed by atoms with Crippen LogP contribution in [0, 0.1) is 29.1 Å². The molecular formula is C10H14N2O2. The summed E-state index contributed by atoms with van der Waals surface area (Å²) in [6, 6.07) is 1.34. The average Bonchev–Trinajstić information content (AvgIpc) is 2.91. The first-order valence-corrected chi connectivity index (χ1v) is 4.61. The normalized spacial score (nSPS) is 31.4. The molecule has 14 heavy (non-hydrogen) atoms. The minimum Gasteiger partial charge on any atom is -0.466 e. The van der Waals surface area contributed by atoms with Gasteiger partial charge in [0.15, 0.2) is 0 Å². The summed E-state index contributed by atoms with van der Waals surface area (Å²) in [4.78, 5) is 11.4. The van der Waals surface area contributed by atoms with Crippen molar-refractivity contribution in [3.05, 3.63) is 12.7 Å². The molecule has 76 valence electrons. The number of nitrogens with zero attached hydrogens (tertiary/aromatic N) is 1. The van der Waals surface area contributed by atoms with E-state index in [1.807, 2.05) is 6.07 Å². The number of nitrogens with two attached hydrogens (primary N) is 1. The minimum absolute atomic E-state index is 0.00343. The monoisotopic (exact) mass is 194 g/mol. The number of esters is 1. The van der Waals surface area contributed by atoms with Crippen molar-refractivity contribution in [3.63, 3.8) is 0 Å². The van der Waals surface area contributed by atoms with E-state index in [1.54, 1.807) is 13.0 Å². The third-order valence-corrected chi connectivity index (χ3v) is 2.53. The first-order valence-electron chi connectivity index (χ1n) is 4.61. The highest BCUT2D eigenvalue weighted by atomic mass is 16.5. The summed E-state index contributed by atoms with van der Waals surface area (Å²) in [5.41, 5.74) is 5.55. The molecule has 0 saturated heterocycles. The molecule has 0 aromatic rings. The highest BCUT2D eigenvalue weighted by Crippen LogP contribution is 2.49. The maximum Gasteiger partial charge on any atom is 0.309 e. The Balaban J connectivity index is 2.60. The molecule has 0 radical (unpaired) electrons. The Morgan fingerprint density at radius 3 is 2.93 bits per heavy atom. The quantitative estimate of drug-likeness (QED) is 0.520. The lowest BCUT2D eigenvalue weighted by Crippen LogP contribution is -2.23. The lowest BCUT2D eigenvalue weighted by molar-refractivity contribution is -0.145. The van der Waals surface area contributed by atoms with Gasteiger partial charge in [-0.3, -0.25) is 4.79 Å². The van der Waals surface area contributed by atoms with Gasteiger partial charge < -0.3 is 10.5 Å². The van der Waals surface area contributed by atoms with E-state index >= 15 is 0 Å². The van der Waals surface area contributed by atoms with Crippen molar-refractivity contribution in [3.8, 4) is 6.07 Å². The molecule has 1 aliphatic rings. The maximum atomic E-state index is 11.4. The number of carbonyl (C=O) groups is 1. The van der Waals surface area contributed by atoms with Crippen LogP contribution >= 0.6 is 0 Å². The van der Waals surface area contributed by atoms with Crippen LogP contribution in [-0.4, -0.2) is 18.6 Å². The zero-order chi connectivity index (χ0) is 10.7. The predicted octanol–water partition coefficient (Wildman–Crippen LogP) is 0.449. The van der Waals surface area contributed by atoms with Crippen molar-refractivity contribution in [2.24, 2.45) is 23.5 Å². The molecule has 0 bridgehead atoms. The van der Waals surface area contributed by atoms with Gasteiger partial charge in [0.2, 0.25) is 0 Å². The van der Waals surface area contributed by atoms with Crippen molar-refractivity contribution < 1.29 is 9.53 Å². The summed E-state index contributed by atoms with van der Waals surface area (Å²) in [7, 11) is 0. The average molecular weight is 194 g/mol. The molecule has 1 aliphatic carbocycles. The van der Waals surface area contributed by atoms with E-state index in [0.717, 1.165) is 0 Å². The van der Waals surface area contributed by atoms with Crippen molar-refractivity contribution in [1.29, 1.82) is 5.26 Å². The molecule has 0 spiro atoms. The van der Waals surface area contributed by atoms with Crippen LogP contribution < -0.4 is 5.73 Å². The fraction of sp³-hybridized carbons (Fsp3) is 0.600. The van der Waals surface area contributed by atoms with Crippen LogP contribution in [-0.2, 0) is 9.53 Å². The second-order valence-electron chi connectivity index (χ2n) is 3.32. The van der Waals surface area contributed by atoms with Gasteiger partial charge in [-0.1, -0.05) is 6.08 Å². The zero-order valence-electron chi connectivity index (χ0n) is 8.14. The summed E-state index contributed by atoms with van der Waals surface area (Å²) in [6.07, 6.45) is 1.67. The molecule has 1 fully saturated rings. The van der Waals surface area contributed by atoms with Crippen molar-refractivity contribution >= 4 is 5.97 Å². The summed E-state index contributed by atoms with van der Waals surface area (Å²) in [5.74, 6) is -0.643. The molecule has 4 unspecified atom stereocenters. The van der Waals surface area contributed by atoms with Gasteiger partial charge in [0.1, 0.15) is 0 Å². The molecule has 4 nitrogen and oxygen atoms in total. The Labute approximate surface area is 83.3 Å². The molecule has 4 atom stereocenters. The van der Waals surface area contributed by atoms with E-state index in [1.165, 1.54) is 0 Å². The van der Waals surface area contributed by atoms with E-state index in [-0.39, 0.29) is 23.7 Å². The van der Waals surface area contributed by atoms with Gasteiger partial charge in [0.25, 0.3) is 0 Å². The molecule has 0 aliphatic heterocycles. The fourth-order valence-corrected chi connectivity index (χ4v) is 1.76. The van der Waals surface area contributed by atoms with E-state index < -0.39 is 6.04 Å². The van der Waals surface area contributed by atoms with Gasteiger partial charge in [-0.2, -0.15) is 5.26 Å². The van der Waals surface area contributed by atoms with Gasteiger partial charge in [0, 0.05) is 5.92 Å². The van der Waals surface area contributed by atoms with Crippen LogP contribution in [0.25, 0.3) is 0 Å². The molecule has 0 heterocycles. The van der Waals surface area contributed by atoms with Gasteiger partial charge in [-0.05, 0) is 12.8 Å². The van der Waals surface area contributed by atoms with Crippen LogP contribution in [0.1, 0.15) is 6.92 Å². The topological polar surface area (TPSA) is 76.1 Å². The third-order valence-electron chi connectivity index (χ3n) is 2.53. The summed E-state index contributed by atoms with van der Waals surface area (Å²) < 4.78 is 4.87. The molecule has 0 aromatic heterocycles. The maximum absolute atomic E-state index is 11.4. The molecule has 2 N–H and O–H groups in total. The zero-order valence-corrected chi connectivity index (χ0v) is 8.14. The van der Waals surface area contributed by atoms with Crippen LogP contribution in [0.4, 0.5) is 0 Å². The van der Waals surface area contributed by atoms with E-state index in [0.29, 0.717) is 6.61 Å². The van der Waals surface area contributed by atoms with Crippen molar-refractivity contribution in [2.45, 2.75) is 13.0 Å².